The maximum Gasteiger partial charge on any atom is 0.311 e. The molecule has 0 rings (SSSR count). The largest absolute Gasteiger partial charge is 0.481 e. The van der Waals surface area contributed by atoms with E-state index in [2.05, 4.69) is 13.8 Å². The molecule has 4 nitrogen and oxygen atoms in total. The van der Waals surface area contributed by atoms with Gasteiger partial charge in [0.15, 0.2) is 0 Å². The molecule has 258 valence electrons. The van der Waals surface area contributed by atoms with E-state index in [1.807, 2.05) is 12.2 Å². The summed E-state index contributed by atoms with van der Waals surface area (Å²) in [6.45, 7) is 4.53. The Morgan fingerprint density at radius 3 is 0.795 bits per heavy atom. The molecule has 0 radical (unpaired) electrons. The molecular weight excluding hydrogens is 544 g/mol. The van der Waals surface area contributed by atoms with Crippen molar-refractivity contribution in [2.45, 2.75) is 206 Å². The average Bonchev–Trinajstić information content (AvgIpc) is 3.00. The van der Waals surface area contributed by atoms with E-state index in [1.165, 1.54) is 154 Å². The van der Waals surface area contributed by atoms with Crippen LogP contribution < -0.4 is 0 Å². The number of unbranched alkanes of at least 4 members (excludes halogenated alkanes) is 28. The normalized spacial score (nSPS) is 13.2. The van der Waals surface area contributed by atoms with Gasteiger partial charge in [0.1, 0.15) is 0 Å². The minimum absolute atomic E-state index is 0.816. The molecular formula is C40H74O4. The van der Waals surface area contributed by atoms with E-state index in [0.29, 0.717) is 0 Å². The van der Waals surface area contributed by atoms with Crippen LogP contribution in [0.25, 0.3) is 0 Å². The summed E-state index contributed by atoms with van der Waals surface area (Å²) >= 11 is 0. The van der Waals surface area contributed by atoms with Crippen molar-refractivity contribution < 1.29 is 19.8 Å². The van der Waals surface area contributed by atoms with Crippen LogP contribution in [-0.4, -0.2) is 22.2 Å². The van der Waals surface area contributed by atoms with Crippen molar-refractivity contribution in [1.29, 1.82) is 0 Å². The van der Waals surface area contributed by atoms with Crippen molar-refractivity contribution in [2.24, 2.45) is 11.8 Å². The van der Waals surface area contributed by atoms with Crippen molar-refractivity contribution in [2.75, 3.05) is 0 Å². The fourth-order valence-corrected chi connectivity index (χ4v) is 6.11. The van der Waals surface area contributed by atoms with E-state index in [0.717, 1.165) is 38.5 Å². The van der Waals surface area contributed by atoms with Crippen LogP contribution in [0, 0.1) is 11.8 Å². The second-order valence-electron chi connectivity index (χ2n) is 13.4. The molecule has 0 aliphatic heterocycles. The average molecular weight is 619 g/mol. The lowest BCUT2D eigenvalue weighted by Gasteiger charge is -2.14. The molecule has 0 saturated carbocycles. The van der Waals surface area contributed by atoms with Crippen LogP contribution in [0.5, 0.6) is 0 Å². The van der Waals surface area contributed by atoms with Crippen LogP contribution in [0.4, 0.5) is 0 Å². The van der Waals surface area contributed by atoms with Crippen molar-refractivity contribution in [3.63, 3.8) is 0 Å². The van der Waals surface area contributed by atoms with Crippen LogP contribution in [0.15, 0.2) is 24.3 Å². The number of rotatable bonds is 35. The molecule has 0 aliphatic carbocycles. The van der Waals surface area contributed by atoms with E-state index in [-0.39, 0.29) is 0 Å². The highest BCUT2D eigenvalue weighted by Gasteiger charge is 2.29. The van der Waals surface area contributed by atoms with Gasteiger partial charge in [-0.3, -0.25) is 9.59 Å². The minimum atomic E-state index is -1.06. The van der Waals surface area contributed by atoms with Gasteiger partial charge in [0.2, 0.25) is 0 Å². The van der Waals surface area contributed by atoms with Gasteiger partial charge in [0, 0.05) is 0 Å². The Bertz CT molecular complexity index is 625. The second kappa shape index (κ2) is 34.3. The van der Waals surface area contributed by atoms with Gasteiger partial charge >= 0.3 is 11.9 Å². The van der Waals surface area contributed by atoms with Gasteiger partial charge in [-0.2, -0.15) is 0 Å². The fourth-order valence-electron chi connectivity index (χ4n) is 6.11. The van der Waals surface area contributed by atoms with Gasteiger partial charge in [0.25, 0.3) is 0 Å². The van der Waals surface area contributed by atoms with Crippen LogP contribution in [-0.2, 0) is 9.59 Å². The monoisotopic (exact) mass is 619 g/mol. The maximum atomic E-state index is 11.9. The van der Waals surface area contributed by atoms with Crippen molar-refractivity contribution in [1.82, 2.24) is 0 Å². The van der Waals surface area contributed by atoms with Gasteiger partial charge in [-0.1, -0.05) is 205 Å². The zero-order chi connectivity index (χ0) is 32.4. The molecule has 0 amide bonds. The fraction of sp³-hybridized carbons (Fsp3) is 0.850. The summed E-state index contributed by atoms with van der Waals surface area (Å²) in [7, 11) is 0. The first kappa shape index (κ1) is 42.4. The van der Waals surface area contributed by atoms with Gasteiger partial charge in [-0.25, -0.2) is 0 Å². The van der Waals surface area contributed by atoms with E-state index < -0.39 is 23.8 Å². The van der Waals surface area contributed by atoms with Crippen molar-refractivity contribution in [3.8, 4) is 0 Å². The Morgan fingerprint density at radius 2 is 0.591 bits per heavy atom. The molecule has 2 N–H and O–H groups in total. The molecule has 0 aromatic carbocycles. The summed E-state index contributed by atoms with van der Waals surface area (Å²) in [4.78, 5) is 23.7. The third kappa shape index (κ3) is 29.1. The number of carboxylic acids is 2. The van der Waals surface area contributed by atoms with Crippen LogP contribution in [0.3, 0.4) is 0 Å². The summed E-state index contributed by atoms with van der Waals surface area (Å²) in [5.74, 6) is -4.13. The first-order valence-corrected chi connectivity index (χ1v) is 19.3. The summed E-state index contributed by atoms with van der Waals surface area (Å²) < 4.78 is 0. The molecule has 0 heterocycles. The summed E-state index contributed by atoms with van der Waals surface area (Å²) in [6, 6.07) is 0. The van der Waals surface area contributed by atoms with Crippen LogP contribution >= 0.6 is 0 Å². The number of carboxylic acid groups (broad SMARTS) is 2. The summed E-state index contributed by atoms with van der Waals surface area (Å²) in [6.07, 6.45) is 45.5. The molecule has 0 fully saturated rings. The van der Waals surface area contributed by atoms with Gasteiger partial charge in [0.05, 0.1) is 11.8 Å². The minimum Gasteiger partial charge on any atom is -0.481 e. The zero-order valence-electron chi connectivity index (χ0n) is 29.4. The molecule has 0 aliphatic rings. The van der Waals surface area contributed by atoms with Crippen LogP contribution in [0.2, 0.25) is 0 Å². The van der Waals surface area contributed by atoms with E-state index in [9.17, 15) is 19.8 Å². The van der Waals surface area contributed by atoms with Gasteiger partial charge in [-0.05, 0) is 25.7 Å². The maximum absolute atomic E-state index is 11.9. The molecule has 0 spiro atoms. The Kier molecular flexibility index (Phi) is 33.1. The van der Waals surface area contributed by atoms with Crippen LogP contribution in [0.1, 0.15) is 206 Å². The number of carbonyl (C=O) groups is 2. The topological polar surface area (TPSA) is 74.6 Å². The third-order valence-corrected chi connectivity index (χ3v) is 9.09. The smallest absolute Gasteiger partial charge is 0.311 e. The Hall–Kier alpha value is -1.58. The Morgan fingerprint density at radius 1 is 0.386 bits per heavy atom. The predicted molar refractivity (Wildman–Crippen MR) is 190 cm³/mol. The number of hydrogen-bond acceptors (Lipinski definition) is 2. The lowest BCUT2D eigenvalue weighted by atomic mass is 9.90. The standard InChI is InChI=1S/C40H74O4/c1-3-5-7-9-11-13-15-17-19-21-23-25-27-29-31-33-35-37(39(41)42)38(40(43)44)36-34-32-30-28-26-24-22-20-18-16-14-12-10-8-6-4-2/h33-38H,3-32H2,1-2H3,(H,41,42)(H,43,44). The lowest BCUT2D eigenvalue weighted by molar-refractivity contribution is -0.149. The van der Waals surface area contributed by atoms with E-state index in [1.54, 1.807) is 12.2 Å². The van der Waals surface area contributed by atoms with E-state index in [4.69, 9.17) is 0 Å². The predicted octanol–water partition coefficient (Wildman–Crippen LogP) is 13.2. The van der Waals surface area contributed by atoms with E-state index >= 15 is 0 Å². The Balaban J connectivity index is 3.92. The zero-order valence-corrected chi connectivity index (χ0v) is 29.4. The lowest BCUT2D eigenvalue weighted by Crippen LogP contribution is -2.27. The highest BCUT2D eigenvalue weighted by Crippen LogP contribution is 2.20. The molecule has 0 saturated heterocycles. The molecule has 4 heteroatoms. The first-order chi connectivity index (χ1) is 21.5. The third-order valence-electron chi connectivity index (χ3n) is 9.09. The van der Waals surface area contributed by atoms with Crippen molar-refractivity contribution in [3.05, 3.63) is 24.3 Å². The molecule has 0 aromatic heterocycles. The SMILES string of the molecule is CCCCCCCCCCCCCCCCC=CC(C(=O)O)C(C=CCCCCCCCCCCCCCCCC)C(=O)O. The highest BCUT2D eigenvalue weighted by atomic mass is 16.4. The quantitative estimate of drug-likeness (QED) is 0.0547. The van der Waals surface area contributed by atoms with Crippen molar-refractivity contribution >= 4 is 11.9 Å². The number of allylic oxidation sites excluding steroid dienone is 2. The molecule has 2 atom stereocenters. The van der Waals surface area contributed by atoms with Gasteiger partial charge in [-0.15, -0.1) is 0 Å². The molecule has 44 heavy (non-hydrogen) atoms. The molecule has 2 unspecified atom stereocenters. The summed E-state index contributed by atoms with van der Waals surface area (Å²) in [5.41, 5.74) is 0. The van der Waals surface area contributed by atoms with Gasteiger partial charge < -0.3 is 10.2 Å². The number of aliphatic carboxylic acids is 2. The second-order valence-corrected chi connectivity index (χ2v) is 13.4. The first-order valence-electron chi connectivity index (χ1n) is 19.3. The molecule has 0 bridgehead atoms. The molecule has 0 aromatic rings. The number of hydrogen-bond donors (Lipinski definition) is 2. The highest BCUT2D eigenvalue weighted by molar-refractivity contribution is 5.82. The summed E-state index contributed by atoms with van der Waals surface area (Å²) in [5, 5.41) is 19.4. The Labute approximate surface area is 274 Å².